The Morgan fingerprint density at radius 1 is 1.10 bits per heavy atom. The third-order valence-electron chi connectivity index (χ3n) is 5.79. The fraction of sp³-hybridized carbons (Fsp3) is 0.391. The van der Waals surface area contributed by atoms with Crippen LogP contribution in [0, 0.1) is 6.92 Å². The smallest absolute Gasteiger partial charge is 0.295 e. The van der Waals surface area contributed by atoms with Crippen LogP contribution in [0.3, 0.4) is 0 Å². The summed E-state index contributed by atoms with van der Waals surface area (Å²) in [5, 5.41) is 11.0. The predicted octanol–water partition coefficient (Wildman–Crippen LogP) is 3.11. The van der Waals surface area contributed by atoms with E-state index < -0.39 is 17.7 Å². The lowest BCUT2D eigenvalue weighted by molar-refractivity contribution is -0.140. The maximum atomic E-state index is 13.0. The average molecular weight is 410 g/mol. The Bertz CT molecular complexity index is 970. The van der Waals surface area contributed by atoms with Crippen molar-refractivity contribution in [3.8, 4) is 5.75 Å². The van der Waals surface area contributed by atoms with Gasteiger partial charge in [0.05, 0.1) is 12.7 Å². The number of benzene rings is 1. The van der Waals surface area contributed by atoms with Gasteiger partial charge in [0.2, 0.25) is 0 Å². The third kappa shape index (κ3) is 3.73. The maximum absolute atomic E-state index is 13.0. The number of methoxy groups -OCH3 is 1. The molecule has 4 rings (SSSR count). The minimum atomic E-state index is -0.747. The number of rotatable bonds is 6. The summed E-state index contributed by atoms with van der Waals surface area (Å²) in [5.41, 5.74) is 0.502. The van der Waals surface area contributed by atoms with Crippen molar-refractivity contribution < 1.29 is 23.8 Å². The summed E-state index contributed by atoms with van der Waals surface area (Å²) in [6, 6.07) is 9.53. The van der Waals surface area contributed by atoms with Gasteiger partial charge in [0.25, 0.3) is 11.7 Å². The van der Waals surface area contributed by atoms with E-state index in [2.05, 4.69) is 4.90 Å². The standard InChI is InChI=1S/C23H26N2O5/c1-15-5-10-18(30-15)20-19(21(26)16-6-8-17(29-2)9-7-16)22(27)23(28)25(20)14-13-24-11-3-4-12-24/h5-10,20,26H,3-4,11-14H2,1-2H3/b21-19+. The summed E-state index contributed by atoms with van der Waals surface area (Å²) in [4.78, 5) is 29.7. The van der Waals surface area contributed by atoms with Crippen LogP contribution in [-0.2, 0) is 9.59 Å². The van der Waals surface area contributed by atoms with E-state index >= 15 is 0 Å². The summed E-state index contributed by atoms with van der Waals surface area (Å²) in [7, 11) is 1.56. The first-order chi connectivity index (χ1) is 14.5. The summed E-state index contributed by atoms with van der Waals surface area (Å²) in [6.45, 7) is 4.89. The van der Waals surface area contributed by atoms with E-state index in [9.17, 15) is 14.7 Å². The highest BCUT2D eigenvalue weighted by Crippen LogP contribution is 2.40. The van der Waals surface area contributed by atoms with E-state index in [1.807, 2.05) is 6.92 Å². The largest absolute Gasteiger partial charge is 0.507 e. The number of furan rings is 1. The number of Topliss-reactive ketones (excluding diaryl/α,β-unsaturated/α-hetero) is 1. The lowest BCUT2D eigenvalue weighted by Crippen LogP contribution is -2.37. The zero-order chi connectivity index (χ0) is 21.3. The molecule has 2 aliphatic rings. The second-order valence-electron chi connectivity index (χ2n) is 7.72. The van der Waals surface area contributed by atoms with Crippen LogP contribution in [0.15, 0.2) is 46.4 Å². The van der Waals surface area contributed by atoms with Gasteiger partial charge in [-0.1, -0.05) is 0 Å². The molecule has 1 atom stereocenters. The number of aliphatic hydroxyl groups excluding tert-OH is 1. The van der Waals surface area contributed by atoms with Crippen molar-refractivity contribution in [2.75, 3.05) is 33.3 Å². The highest BCUT2D eigenvalue weighted by atomic mass is 16.5. The lowest BCUT2D eigenvalue weighted by atomic mass is 9.99. The Morgan fingerprint density at radius 3 is 2.40 bits per heavy atom. The van der Waals surface area contributed by atoms with E-state index in [0.29, 0.717) is 35.9 Å². The van der Waals surface area contributed by atoms with Crippen LogP contribution in [0.1, 0.15) is 36.0 Å². The first kappa shape index (κ1) is 20.2. The van der Waals surface area contributed by atoms with Gasteiger partial charge in [0.15, 0.2) is 0 Å². The third-order valence-corrected chi connectivity index (χ3v) is 5.79. The minimum Gasteiger partial charge on any atom is -0.507 e. The van der Waals surface area contributed by atoms with E-state index in [1.165, 1.54) is 4.90 Å². The fourth-order valence-corrected chi connectivity index (χ4v) is 4.17. The first-order valence-electron chi connectivity index (χ1n) is 10.2. The SMILES string of the molecule is COc1ccc(/C(O)=C2\C(=O)C(=O)N(CCN3CCCC3)C2c2ccc(C)o2)cc1. The highest BCUT2D eigenvalue weighted by molar-refractivity contribution is 6.46. The number of hydrogen-bond donors (Lipinski definition) is 1. The molecular formula is C23H26N2O5. The highest BCUT2D eigenvalue weighted by Gasteiger charge is 2.47. The molecule has 0 aliphatic carbocycles. The zero-order valence-corrected chi connectivity index (χ0v) is 17.3. The van der Waals surface area contributed by atoms with Crippen molar-refractivity contribution in [3.63, 3.8) is 0 Å². The van der Waals surface area contributed by atoms with Gasteiger partial charge in [-0.15, -0.1) is 0 Å². The number of ether oxygens (including phenoxy) is 1. The van der Waals surface area contributed by atoms with Crippen molar-refractivity contribution in [2.45, 2.75) is 25.8 Å². The molecule has 2 aliphatic heterocycles. The van der Waals surface area contributed by atoms with Crippen LogP contribution in [0.5, 0.6) is 5.75 Å². The Labute approximate surface area is 175 Å². The second-order valence-corrected chi connectivity index (χ2v) is 7.72. The maximum Gasteiger partial charge on any atom is 0.295 e. The number of nitrogens with zero attached hydrogens (tertiary/aromatic N) is 2. The molecule has 3 heterocycles. The Balaban J connectivity index is 1.72. The van der Waals surface area contributed by atoms with Gasteiger partial charge in [-0.3, -0.25) is 9.59 Å². The van der Waals surface area contributed by atoms with Gasteiger partial charge in [-0.25, -0.2) is 0 Å². The zero-order valence-electron chi connectivity index (χ0n) is 17.3. The number of carbonyl (C=O) groups is 2. The number of aliphatic hydroxyl groups is 1. The molecule has 0 saturated carbocycles. The average Bonchev–Trinajstić information content (AvgIpc) is 3.48. The van der Waals surface area contributed by atoms with E-state index in [-0.39, 0.29) is 11.3 Å². The molecule has 1 aromatic carbocycles. The van der Waals surface area contributed by atoms with Crippen LogP contribution in [0.25, 0.3) is 5.76 Å². The molecule has 0 radical (unpaired) electrons. The molecule has 2 saturated heterocycles. The van der Waals surface area contributed by atoms with Gasteiger partial charge >= 0.3 is 0 Å². The Kier molecular flexibility index (Phi) is 5.63. The second kappa shape index (κ2) is 8.36. The number of ketones is 1. The first-order valence-corrected chi connectivity index (χ1v) is 10.2. The molecule has 1 unspecified atom stereocenters. The van der Waals surface area contributed by atoms with Crippen LogP contribution >= 0.6 is 0 Å². The molecule has 158 valence electrons. The molecular weight excluding hydrogens is 384 g/mol. The lowest BCUT2D eigenvalue weighted by Gasteiger charge is -2.25. The number of aryl methyl sites for hydroxylation is 1. The number of hydrogen-bond acceptors (Lipinski definition) is 6. The molecule has 7 heteroatoms. The molecule has 0 bridgehead atoms. The Hall–Kier alpha value is -3.06. The molecule has 30 heavy (non-hydrogen) atoms. The summed E-state index contributed by atoms with van der Waals surface area (Å²) >= 11 is 0. The predicted molar refractivity (Wildman–Crippen MR) is 111 cm³/mol. The van der Waals surface area contributed by atoms with Crippen LogP contribution in [-0.4, -0.2) is 59.9 Å². The normalized spacial score (nSPS) is 21.5. The van der Waals surface area contributed by atoms with Crippen molar-refractivity contribution in [1.29, 1.82) is 0 Å². The molecule has 7 nitrogen and oxygen atoms in total. The molecule has 1 amide bonds. The monoisotopic (exact) mass is 410 g/mol. The molecule has 1 N–H and O–H groups in total. The Morgan fingerprint density at radius 2 is 1.80 bits per heavy atom. The van der Waals surface area contributed by atoms with Crippen molar-refractivity contribution in [2.24, 2.45) is 0 Å². The van der Waals surface area contributed by atoms with Gasteiger partial charge in [-0.2, -0.15) is 0 Å². The minimum absolute atomic E-state index is 0.0564. The number of likely N-dealkylation sites (tertiary alicyclic amines) is 2. The number of carbonyl (C=O) groups excluding carboxylic acids is 2. The van der Waals surface area contributed by atoms with E-state index in [0.717, 1.165) is 25.9 Å². The topological polar surface area (TPSA) is 83.2 Å². The summed E-state index contributed by atoms with van der Waals surface area (Å²) in [6.07, 6.45) is 2.30. The van der Waals surface area contributed by atoms with Crippen LogP contribution < -0.4 is 4.74 Å². The van der Waals surface area contributed by atoms with Gasteiger partial charge < -0.3 is 24.1 Å². The molecule has 2 fully saturated rings. The number of amides is 1. The van der Waals surface area contributed by atoms with Crippen LogP contribution in [0.4, 0.5) is 0 Å². The van der Waals surface area contributed by atoms with Crippen molar-refractivity contribution in [1.82, 2.24) is 9.80 Å². The summed E-state index contributed by atoms with van der Waals surface area (Å²) in [5.74, 6) is 0.282. The quantitative estimate of drug-likeness (QED) is 0.448. The van der Waals surface area contributed by atoms with Gasteiger partial charge in [0.1, 0.15) is 29.1 Å². The van der Waals surface area contributed by atoms with Crippen molar-refractivity contribution >= 4 is 17.4 Å². The molecule has 2 aromatic rings. The van der Waals surface area contributed by atoms with Crippen molar-refractivity contribution in [3.05, 3.63) is 59.1 Å². The molecule has 0 spiro atoms. The van der Waals surface area contributed by atoms with E-state index in [4.69, 9.17) is 9.15 Å². The van der Waals surface area contributed by atoms with E-state index in [1.54, 1.807) is 43.5 Å². The summed E-state index contributed by atoms with van der Waals surface area (Å²) < 4.78 is 11.0. The fourth-order valence-electron chi connectivity index (χ4n) is 4.17. The molecule has 1 aromatic heterocycles. The van der Waals surface area contributed by atoms with Crippen LogP contribution in [0.2, 0.25) is 0 Å². The van der Waals surface area contributed by atoms with Gasteiger partial charge in [-0.05, 0) is 69.3 Å². The van der Waals surface area contributed by atoms with Gasteiger partial charge in [0, 0.05) is 18.7 Å².